The van der Waals surface area contributed by atoms with E-state index in [1.54, 1.807) is 7.05 Å². The molecule has 11 heteroatoms. The number of ether oxygens (including phenoxy) is 1. The molecule has 0 spiro atoms. The zero-order valence-corrected chi connectivity index (χ0v) is 24.1. The van der Waals surface area contributed by atoms with Crippen LogP contribution in [0.15, 0.2) is 59.1 Å². The van der Waals surface area contributed by atoms with Crippen molar-refractivity contribution in [1.29, 1.82) is 0 Å². The van der Waals surface area contributed by atoms with Crippen molar-refractivity contribution >= 4 is 35.3 Å². The molecular formula is C30H36N6O4S. The third-order valence-electron chi connectivity index (χ3n) is 8.27. The van der Waals surface area contributed by atoms with Crippen molar-refractivity contribution in [3.63, 3.8) is 0 Å². The molecule has 2 aromatic carbocycles. The Morgan fingerprint density at radius 2 is 1.83 bits per heavy atom. The van der Waals surface area contributed by atoms with Crippen LogP contribution in [-0.2, 0) is 9.59 Å². The van der Waals surface area contributed by atoms with E-state index in [2.05, 4.69) is 26.6 Å². The number of nitrogens with one attached hydrogen (secondary N) is 5. The van der Waals surface area contributed by atoms with E-state index >= 15 is 0 Å². The van der Waals surface area contributed by atoms with Crippen LogP contribution in [0, 0.1) is 12.8 Å². The smallest absolute Gasteiger partial charge is 0.326 e. The SMILES string of the molecule is CNCC(=O)N[C@@H]1CCC[C@@H]1NC(=O)C1=C2NC(=O)N(c3ccc(Oc4ccccc4)cc3C)C3CCNC(S1)C23. The lowest BCUT2D eigenvalue weighted by Crippen LogP contribution is -2.62. The molecule has 1 saturated carbocycles. The van der Waals surface area contributed by atoms with Gasteiger partial charge in [-0.25, -0.2) is 4.79 Å². The molecule has 0 radical (unpaired) electrons. The fraction of sp³-hybridized carbons (Fsp3) is 0.433. The number of likely N-dealkylation sites (N-methyl/N-ethyl adjacent to an activating group) is 1. The van der Waals surface area contributed by atoms with E-state index in [0.717, 1.165) is 49.2 Å². The van der Waals surface area contributed by atoms with Gasteiger partial charge in [-0.05, 0) is 82.1 Å². The topological polar surface area (TPSA) is 124 Å². The van der Waals surface area contributed by atoms with E-state index in [0.29, 0.717) is 16.4 Å². The molecule has 0 bridgehead atoms. The Hall–Kier alpha value is -3.54. The van der Waals surface area contributed by atoms with Crippen LogP contribution in [0.3, 0.4) is 0 Å². The molecule has 3 unspecified atom stereocenters. The van der Waals surface area contributed by atoms with Crippen molar-refractivity contribution in [2.45, 2.75) is 56.1 Å². The number of hydrogen-bond acceptors (Lipinski definition) is 7. The van der Waals surface area contributed by atoms with Gasteiger partial charge in [-0.1, -0.05) is 30.0 Å². The van der Waals surface area contributed by atoms with Gasteiger partial charge in [0.15, 0.2) is 0 Å². The highest BCUT2D eigenvalue weighted by atomic mass is 32.2. The Morgan fingerprint density at radius 1 is 1.05 bits per heavy atom. The summed E-state index contributed by atoms with van der Waals surface area (Å²) < 4.78 is 6.00. The lowest BCUT2D eigenvalue weighted by Gasteiger charge is -2.46. The summed E-state index contributed by atoms with van der Waals surface area (Å²) in [7, 11) is 1.73. The van der Waals surface area contributed by atoms with E-state index in [1.807, 2.05) is 60.4 Å². The predicted octanol–water partition coefficient (Wildman–Crippen LogP) is 2.95. The molecule has 1 aliphatic carbocycles. The lowest BCUT2D eigenvalue weighted by atomic mass is 9.86. The Bertz CT molecular complexity index is 1370. The molecule has 41 heavy (non-hydrogen) atoms. The first-order valence-corrected chi connectivity index (χ1v) is 15.1. The maximum atomic E-state index is 13.6. The van der Waals surface area contributed by atoms with Gasteiger partial charge in [-0.2, -0.15) is 0 Å². The summed E-state index contributed by atoms with van der Waals surface area (Å²) in [5.74, 6) is 1.16. The molecule has 5 atom stereocenters. The zero-order chi connectivity index (χ0) is 28.5. The molecule has 3 aliphatic heterocycles. The molecule has 4 aliphatic rings. The van der Waals surface area contributed by atoms with E-state index < -0.39 is 0 Å². The van der Waals surface area contributed by atoms with Crippen LogP contribution in [0.25, 0.3) is 0 Å². The Balaban J connectivity index is 1.21. The number of hydrogen-bond donors (Lipinski definition) is 5. The number of nitrogens with zero attached hydrogens (tertiary/aromatic N) is 1. The third kappa shape index (κ3) is 5.53. The lowest BCUT2D eigenvalue weighted by molar-refractivity contribution is -0.122. The minimum Gasteiger partial charge on any atom is -0.457 e. The third-order valence-corrected chi connectivity index (χ3v) is 9.63. The van der Waals surface area contributed by atoms with Gasteiger partial charge >= 0.3 is 6.03 Å². The van der Waals surface area contributed by atoms with Gasteiger partial charge in [-0.15, -0.1) is 0 Å². The Morgan fingerprint density at radius 3 is 2.59 bits per heavy atom. The van der Waals surface area contributed by atoms with Crippen molar-refractivity contribution in [1.82, 2.24) is 26.6 Å². The quantitative estimate of drug-likeness (QED) is 0.327. The molecule has 0 aromatic heterocycles. The summed E-state index contributed by atoms with van der Waals surface area (Å²) in [6.45, 7) is 2.98. The maximum absolute atomic E-state index is 13.6. The minimum atomic E-state index is -0.229. The van der Waals surface area contributed by atoms with Gasteiger partial charge in [0, 0.05) is 29.4 Å². The molecule has 6 rings (SSSR count). The molecule has 5 N–H and O–H groups in total. The van der Waals surface area contributed by atoms with Crippen LogP contribution in [0.4, 0.5) is 10.5 Å². The molecule has 4 amide bonds. The number of benzene rings is 2. The first-order chi connectivity index (χ1) is 19.9. The summed E-state index contributed by atoms with van der Waals surface area (Å²) in [5, 5.41) is 15.7. The van der Waals surface area contributed by atoms with Crippen molar-refractivity contribution in [3.8, 4) is 11.5 Å². The first kappa shape index (κ1) is 27.6. The predicted molar refractivity (Wildman–Crippen MR) is 159 cm³/mol. The van der Waals surface area contributed by atoms with E-state index in [9.17, 15) is 14.4 Å². The van der Waals surface area contributed by atoms with Gasteiger partial charge in [0.2, 0.25) is 5.91 Å². The van der Waals surface area contributed by atoms with Crippen molar-refractivity contribution in [2.24, 2.45) is 5.92 Å². The highest BCUT2D eigenvalue weighted by Gasteiger charge is 2.52. The highest BCUT2D eigenvalue weighted by molar-refractivity contribution is 8.04. The monoisotopic (exact) mass is 576 g/mol. The highest BCUT2D eigenvalue weighted by Crippen LogP contribution is 2.48. The Labute approximate surface area is 244 Å². The van der Waals surface area contributed by atoms with Crippen LogP contribution in [0.2, 0.25) is 0 Å². The van der Waals surface area contributed by atoms with Crippen molar-refractivity contribution in [3.05, 3.63) is 64.7 Å². The van der Waals surface area contributed by atoms with Gasteiger partial charge in [0.25, 0.3) is 5.91 Å². The fourth-order valence-corrected chi connectivity index (χ4v) is 7.85. The number of carbonyl (C=O) groups is 3. The number of thioether (sulfide) groups is 1. The van der Waals surface area contributed by atoms with Crippen LogP contribution in [-0.4, -0.2) is 61.5 Å². The van der Waals surface area contributed by atoms with E-state index in [-0.39, 0.29) is 53.8 Å². The van der Waals surface area contributed by atoms with E-state index in [4.69, 9.17) is 4.74 Å². The maximum Gasteiger partial charge on any atom is 0.326 e. The first-order valence-electron chi connectivity index (χ1n) is 14.3. The van der Waals surface area contributed by atoms with Crippen molar-refractivity contribution < 1.29 is 19.1 Å². The second kappa shape index (κ2) is 11.8. The average Bonchev–Trinajstić information content (AvgIpc) is 3.55. The van der Waals surface area contributed by atoms with E-state index in [1.165, 1.54) is 11.8 Å². The van der Waals surface area contributed by atoms with Crippen LogP contribution in [0.5, 0.6) is 11.5 Å². The number of piperidine rings is 1. The normalized spacial score (nSPS) is 26.8. The number of urea groups is 1. The number of amides is 4. The number of anilines is 1. The Kier molecular flexibility index (Phi) is 7.92. The van der Waals surface area contributed by atoms with Crippen LogP contribution < -0.4 is 36.2 Å². The standard InChI is InChI=1S/C30H36N6O4S/c1-17-15-19(40-18-7-4-3-5-8-18)11-12-22(17)36-23-13-14-32-29-25(23)26(35-30(36)39)27(41-29)28(38)34-21-10-6-9-20(21)33-24(37)16-31-2/h3-5,7-8,11-12,15,20-21,23,25,29,31-32H,6,9-10,13-14,16H2,1-2H3,(H,33,37)(H,34,38)(H,35,39)/t20-,21+,23?,25?,29?/m1/s1. The number of carbonyl (C=O) groups excluding carboxylic acids is 3. The second-order valence-electron chi connectivity index (χ2n) is 11.0. The molecule has 2 aromatic rings. The zero-order valence-electron chi connectivity index (χ0n) is 23.2. The van der Waals surface area contributed by atoms with Gasteiger partial charge in [0.1, 0.15) is 11.5 Å². The fourth-order valence-electron chi connectivity index (χ4n) is 6.45. The molecule has 216 valence electrons. The number of rotatable bonds is 8. The molecule has 10 nitrogen and oxygen atoms in total. The summed E-state index contributed by atoms with van der Waals surface area (Å²) >= 11 is 1.49. The van der Waals surface area contributed by atoms with Gasteiger partial charge < -0.3 is 31.3 Å². The number of para-hydroxylation sites is 1. The molecule has 3 heterocycles. The summed E-state index contributed by atoms with van der Waals surface area (Å²) in [6.07, 6.45) is 3.34. The number of aryl methyl sites for hydroxylation is 1. The summed E-state index contributed by atoms with van der Waals surface area (Å²) in [4.78, 5) is 41.8. The summed E-state index contributed by atoms with van der Waals surface area (Å²) in [5.41, 5.74) is 2.47. The minimum absolute atomic E-state index is 0.0108. The molecule has 3 fully saturated rings. The molecule has 2 saturated heterocycles. The van der Waals surface area contributed by atoms with Gasteiger partial charge in [0.05, 0.1) is 22.9 Å². The summed E-state index contributed by atoms with van der Waals surface area (Å²) in [6, 6.07) is 14.8. The van der Waals surface area contributed by atoms with Gasteiger partial charge in [-0.3, -0.25) is 14.5 Å². The van der Waals surface area contributed by atoms with Crippen LogP contribution in [0.1, 0.15) is 31.2 Å². The average molecular weight is 577 g/mol. The van der Waals surface area contributed by atoms with Crippen molar-refractivity contribution in [2.75, 3.05) is 25.0 Å². The largest absolute Gasteiger partial charge is 0.457 e. The van der Waals surface area contributed by atoms with Crippen LogP contribution >= 0.6 is 11.8 Å². The molecular weight excluding hydrogens is 540 g/mol. The second-order valence-corrected chi connectivity index (χ2v) is 12.1.